The molecule has 6 nitrogen and oxygen atoms in total. The third kappa shape index (κ3) is 3.83. The van der Waals surface area contributed by atoms with E-state index >= 15 is 0 Å². The van der Waals surface area contributed by atoms with E-state index in [1.807, 2.05) is 25.2 Å². The Morgan fingerprint density at radius 2 is 1.92 bits per heavy atom. The highest BCUT2D eigenvalue weighted by Crippen LogP contribution is 2.29. The van der Waals surface area contributed by atoms with Crippen molar-refractivity contribution in [3.8, 4) is 0 Å². The number of pyridine rings is 1. The van der Waals surface area contributed by atoms with Crippen molar-refractivity contribution in [1.82, 2.24) is 14.5 Å². The van der Waals surface area contributed by atoms with Gasteiger partial charge in [0.1, 0.15) is 5.82 Å². The Kier molecular flexibility index (Phi) is 5.06. The van der Waals surface area contributed by atoms with Crippen LogP contribution in [0.1, 0.15) is 36.9 Å². The van der Waals surface area contributed by atoms with Crippen molar-refractivity contribution in [2.75, 3.05) is 37.0 Å². The Morgan fingerprint density at radius 1 is 1.20 bits per heavy atom. The van der Waals surface area contributed by atoms with Crippen molar-refractivity contribution in [2.45, 2.75) is 32.1 Å². The Morgan fingerprint density at radius 3 is 2.52 bits per heavy atom. The molecule has 6 heteroatoms. The van der Waals surface area contributed by atoms with E-state index in [9.17, 15) is 4.79 Å². The number of aromatic nitrogens is 3. The predicted molar refractivity (Wildman–Crippen MR) is 102 cm³/mol. The molecule has 0 radical (unpaired) electrons. The highest BCUT2D eigenvalue weighted by Gasteiger charge is 2.22. The van der Waals surface area contributed by atoms with Gasteiger partial charge in [-0.1, -0.05) is 6.92 Å². The van der Waals surface area contributed by atoms with Gasteiger partial charge in [-0.2, -0.15) is 4.98 Å². The van der Waals surface area contributed by atoms with Crippen LogP contribution >= 0.6 is 0 Å². The molecule has 1 saturated heterocycles. The maximum Gasteiger partial charge on any atom is 0.250 e. The van der Waals surface area contributed by atoms with Gasteiger partial charge in [0.15, 0.2) is 0 Å². The van der Waals surface area contributed by atoms with Gasteiger partial charge < -0.3 is 14.4 Å². The number of rotatable bonds is 4. The number of hydrogen-bond donors (Lipinski definition) is 0. The smallest absolute Gasteiger partial charge is 0.250 e. The van der Waals surface area contributed by atoms with Gasteiger partial charge in [-0.3, -0.25) is 4.79 Å². The largest absolute Gasteiger partial charge is 0.356 e. The summed E-state index contributed by atoms with van der Waals surface area (Å²) in [5, 5.41) is 0. The van der Waals surface area contributed by atoms with Gasteiger partial charge in [0, 0.05) is 58.3 Å². The predicted octanol–water partition coefficient (Wildman–Crippen LogP) is 2.19. The minimum absolute atomic E-state index is 0.0685. The molecule has 1 aliphatic heterocycles. The van der Waals surface area contributed by atoms with E-state index < -0.39 is 0 Å². The van der Waals surface area contributed by atoms with Crippen LogP contribution in [0.3, 0.4) is 0 Å². The molecule has 0 spiro atoms. The van der Waals surface area contributed by atoms with Crippen LogP contribution in [0.25, 0.3) is 0 Å². The van der Waals surface area contributed by atoms with Crippen LogP contribution in [0.4, 0.5) is 11.8 Å². The third-order valence-electron chi connectivity index (χ3n) is 4.93. The summed E-state index contributed by atoms with van der Waals surface area (Å²) in [5.74, 6) is 2.23. The highest BCUT2D eigenvalue weighted by atomic mass is 16.1. The van der Waals surface area contributed by atoms with E-state index in [1.165, 1.54) is 0 Å². The Bertz CT molecular complexity index is 791. The molecule has 25 heavy (non-hydrogen) atoms. The highest BCUT2D eigenvalue weighted by molar-refractivity contribution is 5.46. The summed E-state index contributed by atoms with van der Waals surface area (Å²) in [6, 6.07) is 5.96. The molecule has 0 amide bonds. The lowest BCUT2D eigenvalue weighted by atomic mass is 9.90. The monoisotopic (exact) mass is 341 g/mol. The van der Waals surface area contributed by atoms with Crippen molar-refractivity contribution >= 4 is 11.8 Å². The summed E-state index contributed by atoms with van der Waals surface area (Å²) in [7, 11) is 5.73. The quantitative estimate of drug-likeness (QED) is 0.853. The number of nitrogens with zero attached hydrogens (tertiary/aromatic N) is 5. The first-order valence-electron chi connectivity index (χ1n) is 8.94. The lowest BCUT2D eigenvalue weighted by Gasteiger charge is -2.33. The van der Waals surface area contributed by atoms with Gasteiger partial charge in [0.05, 0.1) is 0 Å². The second kappa shape index (κ2) is 7.25. The molecule has 0 bridgehead atoms. The standard InChI is InChI=1S/C19H27N5O/c1-5-16-13-17(21-19(20-16)22(2)3)24-10-7-14(8-11-24)15-6-9-23(4)18(25)12-15/h6,9,12-14H,5,7-8,10-11H2,1-4H3. The maximum atomic E-state index is 11.9. The third-order valence-corrected chi connectivity index (χ3v) is 4.93. The minimum Gasteiger partial charge on any atom is -0.356 e. The van der Waals surface area contributed by atoms with E-state index in [1.54, 1.807) is 17.7 Å². The lowest BCUT2D eigenvalue weighted by Crippen LogP contribution is -2.34. The fourth-order valence-corrected chi connectivity index (χ4v) is 3.27. The topological polar surface area (TPSA) is 54.3 Å². The Balaban J connectivity index is 1.74. The molecular formula is C19H27N5O. The summed E-state index contributed by atoms with van der Waals surface area (Å²) in [5.41, 5.74) is 2.30. The first kappa shape index (κ1) is 17.5. The number of piperidine rings is 1. The first-order valence-corrected chi connectivity index (χ1v) is 8.94. The summed E-state index contributed by atoms with van der Waals surface area (Å²) in [4.78, 5) is 25.5. The Labute approximate surface area is 149 Å². The van der Waals surface area contributed by atoms with Crippen LogP contribution < -0.4 is 15.4 Å². The molecule has 2 aromatic heterocycles. The van der Waals surface area contributed by atoms with E-state index in [0.717, 1.165) is 55.4 Å². The summed E-state index contributed by atoms with van der Waals surface area (Å²) in [6.45, 7) is 4.02. The van der Waals surface area contributed by atoms with Gasteiger partial charge in [-0.05, 0) is 36.8 Å². The van der Waals surface area contributed by atoms with Gasteiger partial charge >= 0.3 is 0 Å². The van der Waals surface area contributed by atoms with Crippen molar-refractivity contribution in [2.24, 2.45) is 7.05 Å². The van der Waals surface area contributed by atoms with Gasteiger partial charge in [0.25, 0.3) is 5.56 Å². The van der Waals surface area contributed by atoms with Crippen LogP contribution in [0, 0.1) is 0 Å². The SMILES string of the molecule is CCc1cc(N2CCC(c3ccn(C)c(=O)c3)CC2)nc(N(C)C)n1. The van der Waals surface area contributed by atoms with E-state index in [0.29, 0.717) is 5.92 Å². The molecular weight excluding hydrogens is 314 g/mol. The van der Waals surface area contributed by atoms with Crippen LogP contribution in [-0.2, 0) is 13.5 Å². The minimum atomic E-state index is 0.0685. The second-order valence-electron chi connectivity index (χ2n) is 6.94. The van der Waals surface area contributed by atoms with Crippen LogP contribution in [-0.4, -0.2) is 41.7 Å². The molecule has 0 atom stereocenters. The van der Waals surface area contributed by atoms with Crippen molar-refractivity contribution in [3.63, 3.8) is 0 Å². The number of hydrogen-bond acceptors (Lipinski definition) is 5. The number of aryl methyl sites for hydroxylation is 2. The number of anilines is 2. The second-order valence-corrected chi connectivity index (χ2v) is 6.94. The van der Waals surface area contributed by atoms with E-state index in [4.69, 9.17) is 4.98 Å². The molecule has 3 heterocycles. The maximum absolute atomic E-state index is 11.9. The molecule has 3 rings (SSSR count). The molecule has 0 aliphatic carbocycles. The average molecular weight is 341 g/mol. The van der Waals surface area contributed by atoms with Crippen molar-refractivity contribution in [1.29, 1.82) is 0 Å². The van der Waals surface area contributed by atoms with Crippen LogP contribution in [0.2, 0.25) is 0 Å². The molecule has 2 aromatic rings. The first-order chi connectivity index (χ1) is 12.0. The normalized spacial score (nSPS) is 15.4. The van der Waals surface area contributed by atoms with E-state index in [2.05, 4.69) is 28.9 Å². The molecule has 1 aliphatic rings. The zero-order chi connectivity index (χ0) is 18.0. The van der Waals surface area contributed by atoms with Crippen LogP contribution in [0.15, 0.2) is 29.2 Å². The summed E-state index contributed by atoms with van der Waals surface area (Å²) < 4.78 is 1.62. The molecule has 0 unspecified atom stereocenters. The van der Waals surface area contributed by atoms with Crippen LogP contribution in [0.5, 0.6) is 0 Å². The van der Waals surface area contributed by atoms with Crippen molar-refractivity contribution < 1.29 is 0 Å². The summed E-state index contributed by atoms with van der Waals surface area (Å²) >= 11 is 0. The fourth-order valence-electron chi connectivity index (χ4n) is 3.27. The van der Waals surface area contributed by atoms with Gasteiger partial charge in [-0.25, -0.2) is 4.98 Å². The Hall–Kier alpha value is -2.37. The molecule has 0 saturated carbocycles. The van der Waals surface area contributed by atoms with Gasteiger partial charge in [0.2, 0.25) is 5.95 Å². The molecule has 0 N–H and O–H groups in total. The lowest BCUT2D eigenvalue weighted by molar-refractivity contribution is 0.501. The van der Waals surface area contributed by atoms with Crippen molar-refractivity contribution in [3.05, 3.63) is 46.0 Å². The molecule has 134 valence electrons. The fraction of sp³-hybridized carbons (Fsp3) is 0.526. The summed E-state index contributed by atoms with van der Waals surface area (Å²) in [6.07, 6.45) is 4.84. The molecule has 0 aromatic carbocycles. The van der Waals surface area contributed by atoms with Gasteiger partial charge in [-0.15, -0.1) is 0 Å². The average Bonchev–Trinajstić information content (AvgIpc) is 2.63. The molecule has 1 fully saturated rings. The zero-order valence-corrected chi connectivity index (χ0v) is 15.6. The zero-order valence-electron chi connectivity index (χ0n) is 15.6. The van der Waals surface area contributed by atoms with E-state index in [-0.39, 0.29) is 5.56 Å².